The quantitative estimate of drug-likeness (QED) is 0.294. The van der Waals surface area contributed by atoms with Crippen LogP contribution in [-0.4, -0.2) is 25.2 Å². The molecule has 0 fully saturated rings. The number of benzene rings is 3. The Labute approximate surface area is 216 Å². The van der Waals surface area contributed by atoms with Crippen LogP contribution in [0.5, 0.6) is 11.5 Å². The predicted molar refractivity (Wildman–Crippen MR) is 138 cm³/mol. The van der Waals surface area contributed by atoms with Crippen LogP contribution >= 0.6 is 15.9 Å². The minimum Gasteiger partial charge on any atom is -0.507 e. The van der Waals surface area contributed by atoms with Gasteiger partial charge in [-0.25, -0.2) is 14.3 Å². The molecule has 0 radical (unpaired) electrons. The monoisotopic (exact) mass is 557 g/mol. The molecular weight excluding hydrogens is 542 g/mol. The number of hydrogen-bond acceptors (Lipinski definition) is 8. The van der Waals surface area contributed by atoms with E-state index in [-0.39, 0.29) is 38.8 Å². The second-order valence-electron chi connectivity index (χ2n) is 8.30. The van der Waals surface area contributed by atoms with Crippen molar-refractivity contribution in [3.8, 4) is 17.2 Å². The lowest BCUT2D eigenvalue weighted by Gasteiger charge is -2.17. The van der Waals surface area contributed by atoms with Crippen LogP contribution in [-0.2, 0) is 0 Å². The number of fused-ring (bicyclic) bond motifs is 2. The van der Waals surface area contributed by atoms with Crippen LogP contribution in [0.2, 0.25) is 0 Å². The predicted octanol–water partition coefficient (Wildman–Crippen LogP) is 4.83. The summed E-state index contributed by atoms with van der Waals surface area (Å²) < 4.78 is 13.2. The van der Waals surface area contributed by atoms with E-state index in [9.17, 15) is 19.8 Å². The van der Waals surface area contributed by atoms with Gasteiger partial charge in [-0.05, 0) is 42.5 Å². The Bertz CT molecular complexity index is 1840. The molecule has 0 spiro atoms. The maximum Gasteiger partial charge on any atom is 0.344 e. The molecule has 0 aliphatic carbocycles. The Hall–Kier alpha value is -4.70. The van der Waals surface area contributed by atoms with Gasteiger partial charge in [0.15, 0.2) is 0 Å². The highest BCUT2D eigenvalue weighted by molar-refractivity contribution is 9.10. The number of aromatic hydroxyl groups is 2. The first-order valence-corrected chi connectivity index (χ1v) is 11.9. The van der Waals surface area contributed by atoms with Crippen LogP contribution in [0, 0.1) is 0 Å². The fourth-order valence-electron chi connectivity index (χ4n) is 4.40. The van der Waals surface area contributed by atoms with Crippen LogP contribution in [0.25, 0.3) is 27.6 Å². The number of rotatable bonds is 4. The lowest BCUT2D eigenvalue weighted by molar-refractivity contribution is 0.440. The van der Waals surface area contributed by atoms with Gasteiger partial charge in [0.1, 0.15) is 22.7 Å². The van der Waals surface area contributed by atoms with Crippen molar-refractivity contribution in [1.29, 1.82) is 0 Å². The standard InChI is InChI=1S/C27H16BrN3O6/c28-14-6-5-7-15(12-14)31-13-18(29-30-31)21(22-24(32)16-8-1-3-10-19(16)36-26(22)34)23-25(33)17-9-2-4-11-20(17)37-27(23)35/h1-13,21,32-33H. The molecule has 0 atom stereocenters. The topological polar surface area (TPSA) is 132 Å². The maximum atomic E-state index is 13.2. The maximum absolute atomic E-state index is 13.2. The first-order chi connectivity index (χ1) is 17.9. The molecule has 0 saturated heterocycles. The van der Waals surface area contributed by atoms with Crippen molar-refractivity contribution in [2.24, 2.45) is 0 Å². The van der Waals surface area contributed by atoms with Crippen LogP contribution in [0.1, 0.15) is 22.7 Å². The zero-order valence-corrected chi connectivity index (χ0v) is 20.4. The Morgan fingerprint density at radius 3 is 1.92 bits per heavy atom. The smallest absolute Gasteiger partial charge is 0.344 e. The van der Waals surface area contributed by atoms with E-state index in [1.807, 2.05) is 12.1 Å². The van der Waals surface area contributed by atoms with Crippen molar-refractivity contribution < 1.29 is 19.0 Å². The summed E-state index contributed by atoms with van der Waals surface area (Å²) >= 11 is 3.42. The summed E-state index contributed by atoms with van der Waals surface area (Å²) in [5, 5.41) is 31.4. The summed E-state index contributed by atoms with van der Waals surface area (Å²) in [5.41, 5.74) is -1.27. The largest absolute Gasteiger partial charge is 0.507 e. The van der Waals surface area contributed by atoms with E-state index in [1.165, 1.54) is 10.9 Å². The second kappa shape index (κ2) is 8.75. The summed E-state index contributed by atoms with van der Waals surface area (Å²) in [4.78, 5) is 26.5. The number of aromatic nitrogens is 3. The Morgan fingerprint density at radius 2 is 1.35 bits per heavy atom. The summed E-state index contributed by atoms with van der Waals surface area (Å²) in [6, 6.07) is 20.2. The van der Waals surface area contributed by atoms with E-state index >= 15 is 0 Å². The fraction of sp³-hybridized carbons (Fsp3) is 0.0370. The summed E-state index contributed by atoms with van der Waals surface area (Å²) in [6.07, 6.45) is 1.51. The minimum absolute atomic E-state index is 0.107. The Morgan fingerprint density at radius 1 is 0.784 bits per heavy atom. The van der Waals surface area contributed by atoms with Gasteiger partial charge in [0.25, 0.3) is 0 Å². The molecule has 2 N–H and O–H groups in total. The lowest BCUT2D eigenvalue weighted by atomic mass is 9.88. The van der Waals surface area contributed by atoms with Gasteiger partial charge in [-0.3, -0.25) is 0 Å². The van der Waals surface area contributed by atoms with Gasteiger partial charge in [0, 0.05) is 4.47 Å². The van der Waals surface area contributed by atoms with E-state index in [0.29, 0.717) is 5.69 Å². The molecule has 3 aromatic heterocycles. The van der Waals surface area contributed by atoms with Crippen molar-refractivity contribution in [1.82, 2.24) is 15.0 Å². The molecule has 6 rings (SSSR count). The van der Waals surface area contributed by atoms with E-state index < -0.39 is 28.7 Å². The van der Waals surface area contributed by atoms with Crippen LogP contribution in [0.4, 0.5) is 0 Å². The van der Waals surface area contributed by atoms with Crippen LogP contribution in [0.15, 0.2) is 102 Å². The highest BCUT2D eigenvalue weighted by Gasteiger charge is 2.34. The molecule has 0 saturated carbocycles. The molecular formula is C27H16BrN3O6. The molecule has 6 aromatic rings. The molecule has 10 heteroatoms. The highest BCUT2D eigenvalue weighted by Crippen LogP contribution is 2.41. The molecule has 0 aliphatic rings. The first-order valence-electron chi connectivity index (χ1n) is 11.1. The average Bonchev–Trinajstić information content (AvgIpc) is 3.38. The van der Waals surface area contributed by atoms with E-state index in [4.69, 9.17) is 8.83 Å². The van der Waals surface area contributed by atoms with Gasteiger partial charge in [-0.1, -0.05) is 51.5 Å². The highest BCUT2D eigenvalue weighted by atomic mass is 79.9. The summed E-state index contributed by atoms with van der Waals surface area (Å²) in [7, 11) is 0. The van der Waals surface area contributed by atoms with E-state index in [2.05, 4.69) is 26.2 Å². The Balaban J connectivity index is 1.67. The van der Waals surface area contributed by atoms with Gasteiger partial charge in [-0.15, -0.1) is 5.10 Å². The number of hydrogen-bond donors (Lipinski definition) is 2. The molecule has 182 valence electrons. The van der Waals surface area contributed by atoms with Gasteiger partial charge < -0.3 is 19.0 Å². The van der Waals surface area contributed by atoms with E-state index in [0.717, 1.165) is 4.47 Å². The fourth-order valence-corrected chi connectivity index (χ4v) is 4.79. The second-order valence-corrected chi connectivity index (χ2v) is 9.21. The zero-order valence-electron chi connectivity index (χ0n) is 18.8. The number of halogens is 1. The SMILES string of the molecule is O=c1oc2ccccc2c(O)c1C(c1cn(-c2cccc(Br)c2)nn1)c1c(O)c2ccccc2oc1=O. The van der Waals surface area contributed by atoms with Crippen molar-refractivity contribution >= 4 is 37.9 Å². The van der Waals surface area contributed by atoms with Crippen LogP contribution in [0.3, 0.4) is 0 Å². The molecule has 9 nitrogen and oxygen atoms in total. The summed E-state index contributed by atoms with van der Waals surface area (Å²) in [6.45, 7) is 0. The summed E-state index contributed by atoms with van der Waals surface area (Å²) in [5.74, 6) is -2.16. The number of para-hydroxylation sites is 2. The van der Waals surface area contributed by atoms with E-state index in [1.54, 1.807) is 60.7 Å². The van der Waals surface area contributed by atoms with Crippen molar-refractivity contribution in [2.45, 2.75) is 5.92 Å². The molecule has 0 aliphatic heterocycles. The Kier molecular flexibility index (Phi) is 5.38. The van der Waals surface area contributed by atoms with Gasteiger partial charge in [-0.2, -0.15) is 0 Å². The zero-order chi connectivity index (χ0) is 25.7. The third kappa shape index (κ3) is 3.78. The molecule has 37 heavy (non-hydrogen) atoms. The molecule has 3 heterocycles. The van der Waals surface area contributed by atoms with Gasteiger partial charge >= 0.3 is 11.3 Å². The average molecular weight is 558 g/mol. The van der Waals surface area contributed by atoms with Crippen molar-refractivity contribution in [3.63, 3.8) is 0 Å². The third-order valence-corrected chi connectivity index (χ3v) is 6.59. The minimum atomic E-state index is -1.36. The van der Waals surface area contributed by atoms with Gasteiger partial charge in [0.05, 0.1) is 45.4 Å². The molecule has 0 bridgehead atoms. The van der Waals surface area contributed by atoms with Crippen LogP contribution < -0.4 is 11.3 Å². The molecule has 0 amide bonds. The van der Waals surface area contributed by atoms with Gasteiger partial charge in [0.2, 0.25) is 0 Å². The molecule has 0 unspecified atom stereocenters. The number of nitrogens with zero attached hydrogens (tertiary/aromatic N) is 3. The van der Waals surface area contributed by atoms with Crippen molar-refractivity contribution in [2.75, 3.05) is 0 Å². The molecule has 3 aromatic carbocycles. The normalized spacial score (nSPS) is 11.5. The first kappa shape index (κ1) is 22.7. The third-order valence-electron chi connectivity index (χ3n) is 6.10. The van der Waals surface area contributed by atoms with Crippen molar-refractivity contribution in [3.05, 3.63) is 121 Å². The lowest BCUT2D eigenvalue weighted by Crippen LogP contribution is -2.21.